The third-order valence-electron chi connectivity index (χ3n) is 1.68. The van der Waals surface area contributed by atoms with Gasteiger partial charge in [-0.2, -0.15) is 0 Å². The Balaban J connectivity index is 2.49. The summed E-state index contributed by atoms with van der Waals surface area (Å²) in [5.41, 5.74) is 2.12. The van der Waals surface area contributed by atoms with Crippen molar-refractivity contribution in [2.24, 2.45) is 5.84 Å². The molecule has 9 heavy (non-hydrogen) atoms. The maximum Gasteiger partial charge on any atom is 0.250 e. The molecule has 1 saturated carbocycles. The van der Waals surface area contributed by atoms with Crippen molar-refractivity contribution in [1.82, 2.24) is 5.43 Å². The molecule has 1 amide bonds. The van der Waals surface area contributed by atoms with Crippen LogP contribution in [0.5, 0.6) is 0 Å². The van der Waals surface area contributed by atoms with Gasteiger partial charge in [-0.15, -0.1) is 0 Å². The zero-order valence-corrected chi connectivity index (χ0v) is 6.57. The lowest BCUT2D eigenvalue weighted by Crippen LogP contribution is -2.49. The monoisotopic (exact) mass is 192 g/mol. The summed E-state index contributed by atoms with van der Waals surface area (Å²) in [6, 6.07) is 0. The Morgan fingerprint density at radius 1 is 1.67 bits per heavy atom. The first-order valence-corrected chi connectivity index (χ1v) is 3.68. The Labute approximate surface area is 62.1 Å². The molecule has 1 fully saturated rings. The quantitative estimate of drug-likeness (QED) is 0.272. The van der Waals surface area contributed by atoms with Crippen molar-refractivity contribution in [2.45, 2.75) is 23.6 Å². The summed E-state index contributed by atoms with van der Waals surface area (Å²) in [6.45, 7) is 0. The molecule has 0 bridgehead atoms. The Bertz CT molecular complexity index is 133. The van der Waals surface area contributed by atoms with E-state index in [1.54, 1.807) is 0 Å². The molecule has 52 valence electrons. The molecule has 0 aromatic carbocycles. The standard InChI is InChI=1S/C5H9BrN2O/c6-5(2-1-3-5)4(9)8-7/h1-3,7H2,(H,8,9). The summed E-state index contributed by atoms with van der Waals surface area (Å²) in [5.74, 6) is 4.84. The molecule has 0 aromatic rings. The minimum atomic E-state index is -0.332. The summed E-state index contributed by atoms with van der Waals surface area (Å²) in [5, 5.41) is 0. The van der Waals surface area contributed by atoms with E-state index < -0.39 is 0 Å². The largest absolute Gasteiger partial charge is 0.293 e. The normalized spacial score (nSPS) is 22.4. The van der Waals surface area contributed by atoms with Crippen LogP contribution in [0.3, 0.4) is 0 Å². The Morgan fingerprint density at radius 3 is 2.33 bits per heavy atom. The van der Waals surface area contributed by atoms with Gasteiger partial charge in [0.05, 0.1) is 0 Å². The van der Waals surface area contributed by atoms with Crippen LogP contribution in [-0.4, -0.2) is 10.2 Å². The fraction of sp³-hybridized carbons (Fsp3) is 0.800. The van der Waals surface area contributed by atoms with Crippen molar-refractivity contribution < 1.29 is 4.79 Å². The number of alkyl halides is 1. The highest BCUT2D eigenvalue weighted by atomic mass is 79.9. The molecule has 0 aliphatic heterocycles. The van der Waals surface area contributed by atoms with Gasteiger partial charge in [0.25, 0.3) is 5.91 Å². The molecule has 0 heterocycles. The zero-order valence-electron chi connectivity index (χ0n) is 4.98. The lowest BCUT2D eigenvalue weighted by molar-refractivity contribution is -0.125. The van der Waals surface area contributed by atoms with Gasteiger partial charge < -0.3 is 0 Å². The summed E-state index contributed by atoms with van der Waals surface area (Å²) in [7, 11) is 0. The smallest absolute Gasteiger partial charge is 0.250 e. The van der Waals surface area contributed by atoms with Crippen LogP contribution in [0.1, 0.15) is 19.3 Å². The lowest BCUT2D eigenvalue weighted by atomic mass is 9.84. The van der Waals surface area contributed by atoms with Crippen LogP contribution in [0, 0.1) is 0 Å². The molecular formula is C5H9BrN2O. The highest BCUT2D eigenvalue weighted by Gasteiger charge is 2.40. The SMILES string of the molecule is NNC(=O)C1(Br)CCC1. The molecule has 0 radical (unpaired) electrons. The van der Waals surface area contributed by atoms with Gasteiger partial charge in [-0.05, 0) is 19.3 Å². The number of hydrazine groups is 1. The van der Waals surface area contributed by atoms with E-state index in [2.05, 4.69) is 21.4 Å². The number of nitrogens with one attached hydrogen (secondary N) is 1. The van der Waals surface area contributed by atoms with Gasteiger partial charge in [-0.25, -0.2) is 5.84 Å². The van der Waals surface area contributed by atoms with Crippen LogP contribution in [0.25, 0.3) is 0 Å². The second-order valence-electron chi connectivity index (χ2n) is 2.29. The Hall–Kier alpha value is -0.0900. The first-order valence-electron chi connectivity index (χ1n) is 2.89. The molecule has 0 saturated heterocycles. The van der Waals surface area contributed by atoms with Crippen LogP contribution in [0.15, 0.2) is 0 Å². The minimum absolute atomic E-state index is 0.103. The number of rotatable bonds is 1. The lowest BCUT2D eigenvalue weighted by Gasteiger charge is -2.33. The third-order valence-corrected chi connectivity index (χ3v) is 2.84. The molecule has 0 unspecified atom stereocenters. The highest BCUT2D eigenvalue weighted by Crippen LogP contribution is 2.39. The van der Waals surface area contributed by atoms with Crippen LogP contribution in [0.4, 0.5) is 0 Å². The average Bonchev–Trinajstić information content (AvgIpc) is 1.81. The van der Waals surface area contributed by atoms with E-state index in [1.807, 2.05) is 0 Å². The summed E-state index contributed by atoms with van der Waals surface area (Å²) in [6.07, 6.45) is 2.91. The first kappa shape index (κ1) is 7.02. The minimum Gasteiger partial charge on any atom is -0.293 e. The third kappa shape index (κ3) is 1.09. The fourth-order valence-corrected chi connectivity index (χ4v) is 1.52. The van der Waals surface area contributed by atoms with Gasteiger partial charge in [-0.3, -0.25) is 10.2 Å². The topological polar surface area (TPSA) is 55.1 Å². The molecule has 3 nitrogen and oxygen atoms in total. The average molecular weight is 193 g/mol. The van der Waals surface area contributed by atoms with Crippen molar-refractivity contribution >= 4 is 21.8 Å². The van der Waals surface area contributed by atoms with Crippen molar-refractivity contribution in [3.63, 3.8) is 0 Å². The van der Waals surface area contributed by atoms with Gasteiger partial charge in [-0.1, -0.05) is 15.9 Å². The maximum absolute atomic E-state index is 10.8. The predicted molar refractivity (Wildman–Crippen MR) is 37.8 cm³/mol. The Kier molecular flexibility index (Phi) is 1.77. The molecule has 0 spiro atoms. The molecule has 1 aliphatic rings. The predicted octanol–water partition coefficient (Wildman–Crippen LogP) is 0.294. The first-order chi connectivity index (χ1) is 4.19. The number of halogens is 1. The molecule has 0 atom stereocenters. The molecule has 4 heteroatoms. The summed E-state index contributed by atoms with van der Waals surface area (Å²) in [4.78, 5) is 10.8. The van der Waals surface area contributed by atoms with Gasteiger partial charge in [0, 0.05) is 0 Å². The molecule has 3 N–H and O–H groups in total. The number of carbonyl (C=O) groups excluding carboxylic acids is 1. The summed E-state index contributed by atoms with van der Waals surface area (Å²) >= 11 is 3.30. The second kappa shape index (κ2) is 2.27. The Morgan fingerprint density at radius 2 is 2.22 bits per heavy atom. The summed E-state index contributed by atoms with van der Waals surface area (Å²) < 4.78 is -0.332. The highest BCUT2D eigenvalue weighted by molar-refractivity contribution is 9.10. The number of hydrogen-bond acceptors (Lipinski definition) is 2. The van der Waals surface area contributed by atoms with Crippen molar-refractivity contribution in [1.29, 1.82) is 0 Å². The molecule has 1 aliphatic carbocycles. The van der Waals surface area contributed by atoms with E-state index in [0.717, 1.165) is 19.3 Å². The maximum atomic E-state index is 10.8. The van der Waals surface area contributed by atoms with Crippen LogP contribution >= 0.6 is 15.9 Å². The van der Waals surface area contributed by atoms with Crippen molar-refractivity contribution in [2.75, 3.05) is 0 Å². The van der Waals surface area contributed by atoms with Crippen molar-refractivity contribution in [3.05, 3.63) is 0 Å². The van der Waals surface area contributed by atoms with E-state index in [1.165, 1.54) is 0 Å². The van der Waals surface area contributed by atoms with Gasteiger partial charge in [0.2, 0.25) is 0 Å². The number of hydrogen-bond donors (Lipinski definition) is 2. The van der Waals surface area contributed by atoms with E-state index >= 15 is 0 Å². The number of carbonyl (C=O) groups is 1. The van der Waals surface area contributed by atoms with E-state index in [4.69, 9.17) is 5.84 Å². The van der Waals surface area contributed by atoms with Crippen LogP contribution < -0.4 is 11.3 Å². The van der Waals surface area contributed by atoms with Gasteiger partial charge >= 0.3 is 0 Å². The van der Waals surface area contributed by atoms with Gasteiger partial charge in [0.15, 0.2) is 0 Å². The van der Waals surface area contributed by atoms with Gasteiger partial charge in [0.1, 0.15) is 4.32 Å². The fourth-order valence-electron chi connectivity index (χ4n) is 0.844. The molecule has 0 aromatic heterocycles. The number of amides is 1. The van der Waals surface area contributed by atoms with E-state index in [-0.39, 0.29) is 10.2 Å². The molecule has 1 rings (SSSR count). The second-order valence-corrected chi connectivity index (χ2v) is 3.81. The van der Waals surface area contributed by atoms with Crippen LogP contribution in [0.2, 0.25) is 0 Å². The van der Waals surface area contributed by atoms with E-state index in [9.17, 15) is 4.79 Å². The van der Waals surface area contributed by atoms with Crippen molar-refractivity contribution in [3.8, 4) is 0 Å². The number of nitrogens with two attached hydrogens (primary N) is 1. The van der Waals surface area contributed by atoms with E-state index in [0.29, 0.717) is 0 Å². The molecular weight excluding hydrogens is 184 g/mol. The van der Waals surface area contributed by atoms with Crippen LogP contribution in [-0.2, 0) is 4.79 Å². The zero-order chi connectivity index (χ0) is 6.91.